The Morgan fingerprint density at radius 1 is 0.966 bits per heavy atom. The summed E-state index contributed by atoms with van der Waals surface area (Å²) in [6.45, 7) is 0. The van der Waals surface area contributed by atoms with E-state index >= 15 is 0 Å². The minimum Gasteiger partial charge on any atom is -0.322 e. The molecular formula is C22H17F2N3O2. The molecule has 1 atom stereocenters. The molecule has 3 amide bonds. The van der Waals surface area contributed by atoms with E-state index in [1.54, 1.807) is 48.5 Å². The van der Waals surface area contributed by atoms with Gasteiger partial charge in [-0.15, -0.1) is 0 Å². The summed E-state index contributed by atoms with van der Waals surface area (Å²) in [6, 6.07) is 17.8. The lowest BCUT2D eigenvalue weighted by molar-refractivity contribution is -0.117. The average Bonchev–Trinajstić information content (AvgIpc) is 2.72. The van der Waals surface area contributed by atoms with Gasteiger partial charge in [-0.25, -0.2) is 13.6 Å². The van der Waals surface area contributed by atoms with E-state index < -0.39 is 29.6 Å². The molecule has 1 heterocycles. The molecule has 0 bridgehead atoms. The molecule has 2 N–H and O–H groups in total. The molecule has 0 aromatic heterocycles. The van der Waals surface area contributed by atoms with Crippen molar-refractivity contribution in [2.24, 2.45) is 0 Å². The SMILES string of the molecule is O=C1Nc2ccccc2N(C(=O)Nc2ccccc2)[C@@H]1Cc1ccc(F)c(F)c1. The minimum atomic E-state index is -1.00. The van der Waals surface area contributed by atoms with E-state index in [4.69, 9.17) is 0 Å². The number of rotatable bonds is 3. The molecule has 7 heteroatoms. The molecule has 0 fully saturated rings. The Balaban J connectivity index is 1.70. The van der Waals surface area contributed by atoms with Crippen LogP contribution in [0.2, 0.25) is 0 Å². The van der Waals surface area contributed by atoms with Crippen molar-refractivity contribution in [1.29, 1.82) is 0 Å². The third-order valence-electron chi connectivity index (χ3n) is 4.69. The van der Waals surface area contributed by atoms with Gasteiger partial charge in [0.05, 0.1) is 11.4 Å². The molecule has 1 aliphatic rings. The fourth-order valence-corrected chi connectivity index (χ4v) is 3.32. The highest BCUT2D eigenvalue weighted by Crippen LogP contribution is 2.33. The lowest BCUT2D eigenvalue weighted by Gasteiger charge is -2.36. The van der Waals surface area contributed by atoms with Crippen molar-refractivity contribution in [2.45, 2.75) is 12.5 Å². The quantitative estimate of drug-likeness (QED) is 0.685. The number of carbonyl (C=O) groups is 2. The third-order valence-corrected chi connectivity index (χ3v) is 4.69. The Hall–Kier alpha value is -3.74. The van der Waals surface area contributed by atoms with Gasteiger partial charge >= 0.3 is 6.03 Å². The van der Waals surface area contributed by atoms with Crippen LogP contribution in [0, 0.1) is 11.6 Å². The Bertz CT molecular complexity index is 1070. The smallest absolute Gasteiger partial charge is 0.322 e. The molecule has 0 aliphatic carbocycles. The van der Waals surface area contributed by atoms with Gasteiger partial charge in [0.2, 0.25) is 5.91 Å². The van der Waals surface area contributed by atoms with Gasteiger partial charge in [0.1, 0.15) is 6.04 Å². The maximum absolute atomic E-state index is 13.6. The number of hydrogen-bond acceptors (Lipinski definition) is 2. The number of anilines is 3. The van der Waals surface area contributed by atoms with Crippen LogP contribution in [0.25, 0.3) is 0 Å². The van der Waals surface area contributed by atoms with E-state index in [9.17, 15) is 18.4 Å². The molecule has 29 heavy (non-hydrogen) atoms. The number of hydrogen-bond donors (Lipinski definition) is 2. The topological polar surface area (TPSA) is 61.4 Å². The van der Waals surface area contributed by atoms with Crippen LogP contribution in [0.3, 0.4) is 0 Å². The predicted molar refractivity (Wildman–Crippen MR) is 107 cm³/mol. The molecule has 0 saturated carbocycles. The molecule has 0 unspecified atom stereocenters. The number of carbonyl (C=O) groups excluding carboxylic acids is 2. The largest absolute Gasteiger partial charge is 0.327 e. The van der Waals surface area contributed by atoms with Gasteiger partial charge in [-0.3, -0.25) is 9.69 Å². The summed E-state index contributed by atoms with van der Waals surface area (Å²) in [7, 11) is 0. The van der Waals surface area contributed by atoms with Crippen LogP contribution in [-0.2, 0) is 11.2 Å². The zero-order chi connectivity index (χ0) is 20.4. The highest BCUT2D eigenvalue weighted by atomic mass is 19.2. The summed E-state index contributed by atoms with van der Waals surface area (Å²) in [4.78, 5) is 27.2. The van der Waals surface area contributed by atoms with Gasteiger partial charge in [0.15, 0.2) is 11.6 Å². The molecule has 0 radical (unpaired) electrons. The number of urea groups is 1. The first-order valence-electron chi connectivity index (χ1n) is 9.02. The van der Waals surface area contributed by atoms with Crippen molar-refractivity contribution in [3.05, 3.63) is 90.0 Å². The zero-order valence-electron chi connectivity index (χ0n) is 15.2. The van der Waals surface area contributed by atoms with Gasteiger partial charge in [-0.2, -0.15) is 0 Å². The fraction of sp³-hybridized carbons (Fsp3) is 0.0909. The molecule has 5 nitrogen and oxygen atoms in total. The Morgan fingerprint density at radius 3 is 2.45 bits per heavy atom. The van der Waals surface area contributed by atoms with Crippen LogP contribution < -0.4 is 15.5 Å². The van der Waals surface area contributed by atoms with Crippen molar-refractivity contribution >= 4 is 29.0 Å². The van der Waals surface area contributed by atoms with E-state index in [0.717, 1.165) is 12.1 Å². The second-order valence-electron chi connectivity index (χ2n) is 6.64. The lowest BCUT2D eigenvalue weighted by Crippen LogP contribution is -2.53. The predicted octanol–water partition coefficient (Wildman–Crippen LogP) is 4.57. The van der Waals surface area contributed by atoms with Gasteiger partial charge in [-0.1, -0.05) is 36.4 Å². The van der Waals surface area contributed by atoms with Crippen molar-refractivity contribution in [1.82, 2.24) is 0 Å². The Labute approximate surface area is 166 Å². The van der Waals surface area contributed by atoms with Gasteiger partial charge in [-0.05, 0) is 42.0 Å². The number of benzene rings is 3. The number of fused-ring (bicyclic) bond motifs is 1. The summed E-state index contributed by atoms with van der Waals surface area (Å²) in [6.07, 6.45) is 0.0274. The van der Waals surface area contributed by atoms with Crippen LogP contribution in [0.15, 0.2) is 72.8 Å². The number of amides is 3. The van der Waals surface area contributed by atoms with Crippen LogP contribution in [0.5, 0.6) is 0 Å². The number of nitrogens with one attached hydrogen (secondary N) is 2. The molecule has 3 aromatic carbocycles. The standard InChI is InChI=1S/C22H17F2N3O2/c23-16-11-10-14(12-17(16)24)13-20-21(28)26-18-8-4-5-9-19(18)27(20)22(29)25-15-6-2-1-3-7-15/h1-12,20H,13H2,(H,25,29)(H,26,28)/t20-/m1/s1. The third kappa shape index (κ3) is 3.80. The highest BCUT2D eigenvalue weighted by molar-refractivity contribution is 6.14. The number of halogens is 2. The molecule has 0 saturated heterocycles. The van der Waals surface area contributed by atoms with Crippen molar-refractivity contribution in [3.8, 4) is 0 Å². The van der Waals surface area contributed by atoms with E-state index in [2.05, 4.69) is 10.6 Å². The van der Waals surface area contributed by atoms with Gasteiger partial charge in [0, 0.05) is 12.1 Å². The van der Waals surface area contributed by atoms with Crippen LogP contribution >= 0.6 is 0 Å². The fourth-order valence-electron chi connectivity index (χ4n) is 3.32. The normalized spacial score (nSPS) is 15.4. The Kier molecular flexibility index (Phi) is 4.95. The van der Waals surface area contributed by atoms with Gasteiger partial charge < -0.3 is 10.6 Å². The monoisotopic (exact) mass is 393 g/mol. The molecule has 4 rings (SSSR count). The highest BCUT2D eigenvalue weighted by Gasteiger charge is 2.37. The molecule has 3 aromatic rings. The molecule has 0 spiro atoms. The summed E-state index contributed by atoms with van der Waals surface area (Å²) < 4.78 is 26.9. The van der Waals surface area contributed by atoms with E-state index in [1.165, 1.54) is 11.0 Å². The van der Waals surface area contributed by atoms with E-state index in [-0.39, 0.29) is 6.42 Å². The van der Waals surface area contributed by atoms with Crippen LogP contribution in [0.1, 0.15) is 5.56 Å². The van der Waals surface area contributed by atoms with E-state index in [1.807, 2.05) is 6.07 Å². The first-order valence-corrected chi connectivity index (χ1v) is 9.02. The molecular weight excluding hydrogens is 376 g/mol. The van der Waals surface area contributed by atoms with Crippen LogP contribution in [-0.4, -0.2) is 18.0 Å². The van der Waals surface area contributed by atoms with Gasteiger partial charge in [0.25, 0.3) is 0 Å². The van der Waals surface area contributed by atoms with Crippen LogP contribution in [0.4, 0.5) is 30.6 Å². The number of para-hydroxylation sites is 3. The first kappa shape index (κ1) is 18.6. The van der Waals surface area contributed by atoms with Crippen molar-refractivity contribution in [2.75, 3.05) is 15.5 Å². The second kappa shape index (κ2) is 7.71. The first-order chi connectivity index (χ1) is 14.0. The molecule has 146 valence electrons. The summed E-state index contributed by atoms with van der Waals surface area (Å²) in [5.74, 6) is -2.37. The summed E-state index contributed by atoms with van der Waals surface area (Å²) in [5, 5.41) is 5.56. The average molecular weight is 393 g/mol. The van der Waals surface area contributed by atoms with Crippen molar-refractivity contribution in [3.63, 3.8) is 0 Å². The Morgan fingerprint density at radius 2 is 1.69 bits per heavy atom. The van der Waals surface area contributed by atoms with Crippen molar-refractivity contribution < 1.29 is 18.4 Å². The maximum atomic E-state index is 13.6. The lowest BCUT2D eigenvalue weighted by atomic mass is 10.00. The maximum Gasteiger partial charge on any atom is 0.327 e. The van der Waals surface area contributed by atoms with E-state index in [0.29, 0.717) is 22.6 Å². The minimum absolute atomic E-state index is 0.0274. The zero-order valence-corrected chi connectivity index (χ0v) is 15.2. The number of nitrogens with zero attached hydrogens (tertiary/aromatic N) is 1. The molecule has 1 aliphatic heterocycles. The summed E-state index contributed by atoms with van der Waals surface area (Å²) >= 11 is 0. The summed E-state index contributed by atoms with van der Waals surface area (Å²) in [5.41, 5.74) is 2.00. The second-order valence-corrected chi connectivity index (χ2v) is 6.64.